The van der Waals surface area contributed by atoms with Crippen LogP contribution in [0.4, 0.5) is 5.69 Å². The fraction of sp³-hybridized carbons (Fsp3) is 0.538. The summed E-state index contributed by atoms with van der Waals surface area (Å²) >= 11 is 1.20. The van der Waals surface area contributed by atoms with E-state index in [1.54, 1.807) is 18.4 Å². The normalized spacial score (nSPS) is 12.2. The molecule has 0 aliphatic carbocycles. The van der Waals surface area contributed by atoms with Gasteiger partial charge in [0, 0.05) is 6.54 Å². The first kappa shape index (κ1) is 15.5. The Morgan fingerprint density at radius 3 is 2.63 bits per heavy atom. The van der Waals surface area contributed by atoms with E-state index in [2.05, 4.69) is 19.2 Å². The van der Waals surface area contributed by atoms with Crippen LogP contribution in [0, 0.1) is 5.92 Å². The van der Waals surface area contributed by atoms with Crippen LogP contribution in [-0.2, 0) is 9.53 Å². The highest BCUT2D eigenvalue weighted by atomic mass is 32.1. The number of hydrogen-bond donors (Lipinski definition) is 2. The van der Waals surface area contributed by atoms with Gasteiger partial charge in [-0.3, -0.25) is 4.79 Å². The van der Waals surface area contributed by atoms with E-state index in [1.165, 1.54) is 11.3 Å². The molecule has 6 heteroatoms. The van der Waals surface area contributed by atoms with Gasteiger partial charge in [0.2, 0.25) is 0 Å². The molecule has 0 aliphatic rings. The van der Waals surface area contributed by atoms with Crippen LogP contribution in [0.1, 0.15) is 36.9 Å². The van der Waals surface area contributed by atoms with E-state index < -0.39 is 12.1 Å². The Kier molecular flexibility index (Phi) is 5.82. The summed E-state index contributed by atoms with van der Waals surface area (Å²) in [6.45, 7) is 6.29. The summed E-state index contributed by atoms with van der Waals surface area (Å²) in [6, 6.07) is 1.63. The molecule has 0 saturated carbocycles. The Morgan fingerprint density at radius 2 is 2.11 bits per heavy atom. The first-order chi connectivity index (χ1) is 8.91. The van der Waals surface area contributed by atoms with Crippen molar-refractivity contribution >= 4 is 28.9 Å². The topological polar surface area (TPSA) is 81.4 Å². The second kappa shape index (κ2) is 7.13. The number of amides is 1. The monoisotopic (exact) mass is 284 g/mol. The number of nitrogens with two attached hydrogens (primary N) is 1. The first-order valence-corrected chi connectivity index (χ1v) is 7.11. The Labute approximate surface area is 117 Å². The standard InChI is InChI=1S/C13H20N2O3S/c1-8(2)4-6-15-12(16)9(3)18-13(17)11-10(14)5-7-19-11/h5,7-9H,4,6,14H2,1-3H3,(H,15,16). The molecule has 1 heterocycles. The minimum Gasteiger partial charge on any atom is -0.448 e. The zero-order chi connectivity index (χ0) is 14.4. The highest BCUT2D eigenvalue weighted by molar-refractivity contribution is 7.12. The number of rotatable bonds is 6. The molecule has 0 radical (unpaired) electrons. The van der Waals surface area contributed by atoms with Crippen LogP contribution >= 0.6 is 11.3 Å². The maximum atomic E-state index is 11.8. The van der Waals surface area contributed by atoms with Gasteiger partial charge in [-0.2, -0.15) is 0 Å². The van der Waals surface area contributed by atoms with Gasteiger partial charge in [0.15, 0.2) is 6.10 Å². The van der Waals surface area contributed by atoms with E-state index in [4.69, 9.17) is 10.5 Å². The zero-order valence-corrected chi connectivity index (χ0v) is 12.3. The van der Waals surface area contributed by atoms with Crippen molar-refractivity contribution in [1.29, 1.82) is 0 Å². The molecule has 0 saturated heterocycles. The number of carbonyl (C=O) groups is 2. The fourth-order valence-corrected chi connectivity index (χ4v) is 2.08. The first-order valence-electron chi connectivity index (χ1n) is 6.23. The van der Waals surface area contributed by atoms with E-state index in [9.17, 15) is 9.59 Å². The summed E-state index contributed by atoms with van der Waals surface area (Å²) < 4.78 is 5.07. The molecule has 0 aliphatic heterocycles. The summed E-state index contributed by atoms with van der Waals surface area (Å²) in [5.74, 6) is -0.327. The molecule has 1 unspecified atom stereocenters. The molecule has 0 fully saturated rings. The van der Waals surface area contributed by atoms with Crippen LogP contribution in [0.2, 0.25) is 0 Å². The summed E-state index contributed by atoms with van der Waals surface area (Å²) in [5, 5.41) is 4.44. The maximum absolute atomic E-state index is 11.8. The third kappa shape index (κ3) is 4.90. The summed E-state index contributed by atoms with van der Waals surface area (Å²) in [7, 11) is 0. The molecule has 1 amide bonds. The predicted molar refractivity (Wildman–Crippen MR) is 76.1 cm³/mol. The van der Waals surface area contributed by atoms with Crippen molar-refractivity contribution < 1.29 is 14.3 Å². The van der Waals surface area contributed by atoms with Crippen LogP contribution < -0.4 is 11.1 Å². The minimum absolute atomic E-state index is 0.288. The molecule has 106 valence electrons. The molecule has 3 N–H and O–H groups in total. The highest BCUT2D eigenvalue weighted by Crippen LogP contribution is 2.20. The number of nitrogen functional groups attached to an aromatic ring is 1. The lowest BCUT2D eigenvalue weighted by atomic mass is 10.1. The number of hydrogen-bond acceptors (Lipinski definition) is 5. The number of carbonyl (C=O) groups excluding carboxylic acids is 2. The van der Waals surface area contributed by atoms with Gasteiger partial charge in [-0.15, -0.1) is 11.3 Å². The molecule has 0 spiro atoms. The van der Waals surface area contributed by atoms with Gasteiger partial charge in [-0.25, -0.2) is 4.79 Å². The fourth-order valence-electron chi connectivity index (χ4n) is 1.38. The van der Waals surface area contributed by atoms with Crippen molar-refractivity contribution in [3.8, 4) is 0 Å². The Balaban J connectivity index is 2.42. The smallest absolute Gasteiger partial charge is 0.351 e. The van der Waals surface area contributed by atoms with E-state index in [0.717, 1.165) is 6.42 Å². The summed E-state index contributed by atoms with van der Waals surface area (Å²) in [4.78, 5) is 23.8. The van der Waals surface area contributed by atoms with Crippen molar-refractivity contribution in [2.45, 2.75) is 33.3 Å². The number of ether oxygens (including phenoxy) is 1. The highest BCUT2D eigenvalue weighted by Gasteiger charge is 2.20. The molecule has 0 bridgehead atoms. The lowest BCUT2D eigenvalue weighted by molar-refractivity contribution is -0.129. The van der Waals surface area contributed by atoms with Crippen LogP contribution in [0.5, 0.6) is 0 Å². The number of nitrogens with one attached hydrogen (secondary N) is 1. The van der Waals surface area contributed by atoms with Crippen LogP contribution in [0.25, 0.3) is 0 Å². The Morgan fingerprint density at radius 1 is 1.42 bits per heavy atom. The maximum Gasteiger partial charge on any atom is 0.351 e. The molecular weight excluding hydrogens is 264 g/mol. The average Bonchev–Trinajstić information content (AvgIpc) is 2.74. The van der Waals surface area contributed by atoms with Gasteiger partial charge < -0.3 is 15.8 Å². The molecule has 1 atom stereocenters. The molecular formula is C13H20N2O3S. The van der Waals surface area contributed by atoms with Gasteiger partial charge in [-0.05, 0) is 30.7 Å². The summed E-state index contributed by atoms with van der Waals surface area (Å²) in [5.41, 5.74) is 5.99. The lowest BCUT2D eigenvalue weighted by Crippen LogP contribution is -2.36. The summed E-state index contributed by atoms with van der Waals surface area (Å²) in [6.07, 6.45) is 0.0748. The zero-order valence-electron chi connectivity index (χ0n) is 11.4. The van der Waals surface area contributed by atoms with Crippen LogP contribution in [0.15, 0.2) is 11.4 Å². The van der Waals surface area contributed by atoms with Crippen LogP contribution in [-0.4, -0.2) is 24.5 Å². The van der Waals surface area contributed by atoms with Gasteiger partial charge in [-0.1, -0.05) is 13.8 Å². The van der Waals surface area contributed by atoms with Crippen molar-refractivity contribution in [2.24, 2.45) is 5.92 Å². The molecule has 5 nitrogen and oxygen atoms in total. The van der Waals surface area contributed by atoms with Crippen molar-refractivity contribution in [1.82, 2.24) is 5.32 Å². The Bertz CT molecular complexity index is 443. The van der Waals surface area contributed by atoms with Crippen molar-refractivity contribution in [2.75, 3.05) is 12.3 Å². The minimum atomic E-state index is -0.818. The molecule has 1 aromatic rings. The number of anilines is 1. The van der Waals surface area contributed by atoms with Crippen LogP contribution in [0.3, 0.4) is 0 Å². The van der Waals surface area contributed by atoms with Gasteiger partial charge in [0.25, 0.3) is 5.91 Å². The molecule has 0 aromatic carbocycles. The van der Waals surface area contributed by atoms with Crippen molar-refractivity contribution in [3.05, 3.63) is 16.3 Å². The molecule has 1 aromatic heterocycles. The average molecular weight is 284 g/mol. The largest absolute Gasteiger partial charge is 0.448 e. The van der Waals surface area contributed by atoms with E-state index in [1.807, 2.05) is 0 Å². The lowest BCUT2D eigenvalue weighted by Gasteiger charge is -2.13. The molecule has 1 rings (SSSR count). The van der Waals surface area contributed by atoms with Crippen molar-refractivity contribution in [3.63, 3.8) is 0 Å². The quantitative estimate of drug-likeness (QED) is 0.783. The van der Waals surface area contributed by atoms with E-state index in [-0.39, 0.29) is 5.91 Å². The predicted octanol–water partition coefficient (Wildman–Crippen LogP) is 2.04. The molecule has 19 heavy (non-hydrogen) atoms. The SMILES string of the molecule is CC(C)CCNC(=O)C(C)OC(=O)c1sccc1N. The van der Waals surface area contributed by atoms with E-state index >= 15 is 0 Å². The van der Waals surface area contributed by atoms with Gasteiger partial charge in [0.1, 0.15) is 4.88 Å². The second-order valence-electron chi connectivity index (χ2n) is 4.73. The van der Waals surface area contributed by atoms with Gasteiger partial charge >= 0.3 is 5.97 Å². The number of thiophene rings is 1. The second-order valence-corrected chi connectivity index (χ2v) is 5.64. The number of esters is 1. The third-order valence-electron chi connectivity index (χ3n) is 2.56. The Hall–Kier alpha value is -1.56. The van der Waals surface area contributed by atoms with Gasteiger partial charge in [0.05, 0.1) is 5.69 Å². The van der Waals surface area contributed by atoms with E-state index in [0.29, 0.717) is 23.0 Å². The third-order valence-corrected chi connectivity index (χ3v) is 3.47.